The maximum Gasteiger partial charge on any atom is 0.191 e. The number of thioether (sulfide) groups is 1. The molecule has 90 valence electrons. The van der Waals surface area contributed by atoms with Crippen molar-refractivity contribution in [3.8, 4) is 0 Å². The fourth-order valence-electron chi connectivity index (χ4n) is 1.41. The summed E-state index contributed by atoms with van der Waals surface area (Å²) >= 11 is 1.51. The van der Waals surface area contributed by atoms with E-state index in [4.69, 9.17) is 5.73 Å². The van der Waals surface area contributed by atoms with Gasteiger partial charge in [-0.15, -0.1) is 0 Å². The molecule has 0 amide bonds. The molecule has 1 heterocycles. The molecular formula is C11H20N4S. The van der Waals surface area contributed by atoms with E-state index in [1.807, 2.05) is 19.4 Å². The Hall–Kier alpha value is -0.970. The van der Waals surface area contributed by atoms with Gasteiger partial charge >= 0.3 is 0 Å². The molecule has 0 saturated heterocycles. The first-order valence-electron chi connectivity index (χ1n) is 5.46. The van der Waals surface area contributed by atoms with Crippen LogP contribution in [-0.2, 0) is 0 Å². The standard InChI is InChI=1S/C11H20N4S/c1-5-8(2)7-15(3)10-6-9(12)13-11(14-10)16-4/h6,8H,5,7H2,1-4H3,(H2,12,13,14). The van der Waals surface area contributed by atoms with E-state index in [1.165, 1.54) is 18.2 Å². The van der Waals surface area contributed by atoms with E-state index in [9.17, 15) is 0 Å². The summed E-state index contributed by atoms with van der Waals surface area (Å²) in [5.41, 5.74) is 5.74. The Morgan fingerprint density at radius 3 is 2.75 bits per heavy atom. The molecule has 2 N–H and O–H groups in total. The molecule has 0 bridgehead atoms. The van der Waals surface area contributed by atoms with Gasteiger partial charge in [-0.25, -0.2) is 9.97 Å². The molecule has 5 heteroatoms. The van der Waals surface area contributed by atoms with Gasteiger partial charge in [0.15, 0.2) is 5.16 Å². The van der Waals surface area contributed by atoms with Gasteiger partial charge in [0.2, 0.25) is 0 Å². The highest BCUT2D eigenvalue weighted by atomic mass is 32.2. The van der Waals surface area contributed by atoms with Crippen LogP contribution in [0, 0.1) is 5.92 Å². The number of aromatic nitrogens is 2. The van der Waals surface area contributed by atoms with Crippen molar-refractivity contribution in [1.82, 2.24) is 9.97 Å². The molecule has 16 heavy (non-hydrogen) atoms. The number of rotatable bonds is 5. The zero-order valence-corrected chi connectivity index (χ0v) is 11.2. The van der Waals surface area contributed by atoms with Crippen LogP contribution in [0.25, 0.3) is 0 Å². The summed E-state index contributed by atoms with van der Waals surface area (Å²) in [6.45, 7) is 5.41. The normalized spacial score (nSPS) is 12.5. The highest BCUT2D eigenvalue weighted by Gasteiger charge is 2.09. The van der Waals surface area contributed by atoms with Crippen molar-refractivity contribution in [2.75, 3.05) is 30.5 Å². The number of anilines is 2. The maximum absolute atomic E-state index is 5.74. The lowest BCUT2D eigenvalue weighted by Crippen LogP contribution is -2.24. The average Bonchev–Trinajstić information content (AvgIpc) is 2.27. The number of nitrogen functional groups attached to an aromatic ring is 1. The minimum atomic E-state index is 0.533. The summed E-state index contributed by atoms with van der Waals surface area (Å²) in [7, 11) is 2.04. The largest absolute Gasteiger partial charge is 0.383 e. The van der Waals surface area contributed by atoms with E-state index in [0.29, 0.717) is 11.7 Å². The first-order chi connectivity index (χ1) is 7.56. The number of hydrogen-bond donors (Lipinski definition) is 1. The fourth-order valence-corrected chi connectivity index (χ4v) is 1.79. The van der Waals surface area contributed by atoms with Gasteiger partial charge in [-0.05, 0) is 12.2 Å². The lowest BCUT2D eigenvalue weighted by molar-refractivity contribution is 0.556. The predicted molar refractivity (Wildman–Crippen MR) is 71.0 cm³/mol. The SMILES string of the molecule is CCC(C)CN(C)c1cc(N)nc(SC)n1. The van der Waals surface area contributed by atoms with Crippen LogP contribution < -0.4 is 10.6 Å². The molecule has 4 nitrogen and oxygen atoms in total. The van der Waals surface area contributed by atoms with Gasteiger partial charge < -0.3 is 10.6 Å². The fraction of sp³-hybridized carbons (Fsp3) is 0.636. The van der Waals surface area contributed by atoms with Gasteiger partial charge in [-0.2, -0.15) is 0 Å². The third-order valence-corrected chi connectivity index (χ3v) is 3.12. The van der Waals surface area contributed by atoms with Crippen LogP contribution in [0.2, 0.25) is 0 Å². The van der Waals surface area contributed by atoms with Crippen molar-refractivity contribution in [1.29, 1.82) is 0 Å². The summed E-state index contributed by atoms with van der Waals surface area (Å²) in [4.78, 5) is 10.7. The summed E-state index contributed by atoms with van der Waals surface area (Å²) in [5, 5.41) is 0.728. The minimum Gasteiger partial charge on any atom is -0.383 e. The Labute approximate surface area is 102 Å². The molecular weight excluding hydrogens is 220 g/mol. The van der Waals surface area contributed by atoms with Gasteiger partial charge in [-0.1, -0.05) is 32.0 Å². The summed E-state index contributed by atoms with van der Waals surface area (Å²) in [5.74, 6) is 2.08. The van der Waals surface area contributed by atoms with Crippen molar-refractivity contribution >= 4 is 23.4 Å². The van der Waals surface area contributed by atoms with Crippen LogP contribution in [0.5, 0.6) is 0 Å². The molecule has 1 unspecified atom stereocenters. The molecule has 0 aliphatic heterocycles. The molecule has 1 atom stereocenters. The summed E-state index contributed by atoms with van der Waals surface area (Å²) in [6.07, 6.45) is 3.12. The van der Waals surface area contributed by atoms with Crippen LogP contribution in [0.15, 0.2) is 11.2 Å². The molecule has 0 aliphatic rings. The van der Waals surface area contributed by atoms with Gasteiger partial charge in [0.05, 0.1) is 0 Å². The van der Waals surface area contributed by atoms with Crippen molar-refractivity contribution in [2.24, 2.45) is 5.92 Å². The number of nitrogens with zero attached hydrogens (tertiary/aromatic N) is 3. The lowest BCUT2D eigenvalue weighted by atomic mass is 10.1. The highest BCUT2D eigenvalue weighted by molar-refractivity contribution is 7.98. The topological polar surface area (TPSA) is 55.0 Å². The monoisotopic (exact) mass is 240 g/mol. The zero-order chi connectivity index (χ0) is 12.1. The Bertz CT molecular complexity index is 343. The molecule has 0 aromatic carbocycles. The second kappa shape index (κ2) is 5.94. The van der Waals surface area contributed by atoms with Crippen LogP contribution in [0.3, 0.4) is 0 Å². The van der Waals surface area contributed by atoms with Crippen LogP contribution in [-0.4, -0.2) is 29.8 Å². The Morgan fingerprint density at radius 2 is 2.19 bits per heavy atom. The van der Waals surface area contributed by atoms with E-state index in [-0.39, 0.29) is 0 Å². The molecule has 1 aromatic rings. The van der Waals surface area contributed by atoms with E-state index in [0.717, 1.165) is 17.5 Å². The molecule has 0 spiro atoms. The Balaban J connectivity index is 2.82. The highest BCUT2D eigenvalue weighted by Crippen LogP contribution is 2.18. The molecule has 0 saturated carbocycles. The van der Waals surface area contributed by atoms with Gasteiger partial charge in [0, 0.05) is 19.7 Å². The first kappa shape index (κ1) is 13.1. The van der Waals surface area contributed by atoms with Gasteiger partial charge in [-0.3, -0.25) is 0 Å². The van der Waals surface area contributed by atoms with E-state index in [1.54, 1.807) is 0 Å². The third kappa shape index (κ3) is 3.56. The molecule has 1 aromatic heterocycles. The number of nitrogens with two attached hydrogens (primary N) is 1. The van der Waals surface area contributed by atoms with Crippen molar-refractivity contribution in [3.63, 3.8) is 0 Å². The van der Waals surface area contributed by atoms with Crippen molar-refractivity contribution in [2.45, 2.75) is 25.4 Å². The number of hydrogen-bond acceptors (Lipinski definition) is 5. The van der Waals surface area contributed by atoms with Crippen LogP contribution >= 0.6 is 11.8 Å². The van der Waals surface area contributed by atoms with E-state index >= 15 is 0 Å². The van der Waals surface area contributed by atoms with Gasteiger partial charge in [0.25, 0.3) is 0 Å². The Kier molecular flexibility index (Phi) is 4.86. The molecule has 1 rings (SSSR count). The van der Waals surface area contributed by atoms with Gasteiger partial charge in [0.1, 0.15) is 11.6 Å². The molecule has 0 radical (unpaired) electrons. The molecule has 0 aliphatic carbocycles. The smallest absolute Gasteiger partial charge is 0.191 e. The second-order valence-electron chi connectivity index (χ2n) is 4.03. The Morgan fingerprint density at radius 1 is 1.50 bits per heavy atom. The van der Waals surface area contributed by atoms with E-state index in [2.05, 4.69) is 28.7 Å². The van der Waals surface area contributed by atoms with Crippen LogP contribution in [0.1, 0.15) is 20.3 Å². The second-order valence-corrected chi connectivity index (χ2v) is 4.81. The van der Waals surface area contributed by atoms with Crippen molar-refractivity contribution in [3.05, 3.63) is 6.07 Å². The molecule has 0 fully saturated rings. The van der Waals surface area contributed by atoms with Crippen LogP contribution in [0.4, 0.5) is 11.6 Å². The predicted octanol–water partition coefficient (Wildman–Crippen LogP) is 2.26. The quantitative estimate of drug-likeness (QED) is 0.632. The zero-order valence-electron chi connectivity index (χ0n) is 10.4. The summed E-state index contributed by atoms with van der Waals surface area (Å²) in [6, 6.07) is 1.82. The summed E-state index contributed by atoms with van der Waals surface area (Å²) < 4.78 is 0. The average molecular weight is 240 g/mol. The minimum absolute atomic E-state index is 0.533. The van der Waals surface area contributed by atoms with E-state index < -0.39 is 0 Å². The van der Waals surface area contributed by atoms with Crippen molar-refractivity contribution < 1.29 is 0 Å². The lowest BCUT2D eigenvalue weighted by Gasteiger charge is -2.22. The third-order valence-electron chi connectivity index (χ3n) is 2.57. The first-order valence-corrected chi connectivity index (χ1v) is 6.69. The maximum atomic E-state index is 5.74.